The number of halogens is 2. The highest BCUT2D eigenvalue weighted by Gasteiger charge is 2.26. The van der Waals surface area contributed by atoms with E-state index in [9.17, 15) is 13.6 Å². The van der Waals surface area contributed by atoms with Crippen molar-refractivity contribution in [3.8, 4) is 5.19 Å². The SMILES string of the molecule is Cc1cc(CC(=O)CC2CCC(CCN3CCc4sc(OCC(F)F)nc4C3)CC2)no1. The Morgan fingerprint density at radius 1 is 1.31 bits per heavy atom. The first-order valence-corrected chi connectivity index (χ1v) is 12.3. The maximum absolute atomic E-state index is 12.3. The maximum atomic E-state index is 12.3. The van der Waals surface area contributed by atoms with Crippen molar-refractivity contribution in [3.63, 3.8) is 0 Å². The number of thiazole rings is 1. The van der Waals surface area contributed by atoms with Crippen LogP contribution >= 0.6 is 11.3 Å². The summed E-state index contributed by atoms with van der Waals surface area (Å²) in [6.45, 7) is 4.03. The number of nitrogens with zero attached hydrogens (tertiary/aromatic N) is 3. The molecule has 4 rings (SSSR count). The number of aryl methyl sites for hydroxylation is 1. The lowest BCUT2D eigenvalue weighted by Crippen LogP contribution is -2.32. The predicted octanol–water partition coefficient (Wildman–Crippen LogP) is 4.84. The number of aromatic nitrogens is 2. The molecule has 0 N–H and O–H groups in total. The van der Waals surface area contributed by atoms with Crippen LogP contribution in [0.1, 0.15) is 60.6 Å². The van der Waals surface area contributed by atoms with Crippen LogP contribution in [-0.2, 0) is 24.2 Å². The van der Waals surface area contributed by atoms with Crippen LogP contribution in [0.4, 0.5) is 8.78 Å². The summed E-state index contributed by atoms with van der Waals surface area (Å²) in [5.74, 6) is 2.20. The lowest BCUT2D eigenvalue weighted by Gasteiger charge is -2.31. The summed E-state index contributed by atoms with van der Waals surface area (Å²) in [5.41, 5.74) is 1.72. The molecule has 0 spiro atoms. The third-order valence-corrected chi connectivity index (χ3v) is 7.58. The topological polar surface area (TPSA) is 68.5 Å². The molecular weight excluding hydrogens is 436 g/mol. The number of rotatable bonds is 10. The smallest absolute Gasteiger partial charge is 0.273 e. The Hall–Kier alpha value is -1.87. The van der Waals surface area contributed by atoms with Crippen molar-refractivity contribution in [3.05, 3.63) is 28.1 Å². The molecule has 32 heavy (non-hydrogen) atoms. The van der Waals surface area contributed by atoms with Crippen molar-refractivity contribution >= 4 is 17.1 Å². The molecule has 0 radical (unpaired) electrons. The fraction of sp³-hybridized carbons (Fsp3) is 0.696. The van der Waals surface area contributed by atoms with E-state index >= 15 is 0 Å². The van der Waals surface area contributed by atoms with E-state index in [1.165, 1.54) is 24.2 Å². The normalized spacial score (nSPS) is 21.6. The number of fused-ring (bicyclic) bond motifs is 1. The lowest BCUT2D eigenvalue weighted by molar-refractivity contribution is -0.119. The van der Waals surface area contributed by atoms with Crippen LogP contribution in [0.5, 0.6) is 5.19 Å². The van der Waals surface area contributed by atoms with Gasteiger partial charge < -0.3 is 9.26 Å². The third-order valence-electron chi connectivity index (χ3n) is 6.51. The molecule has 0 atom stereocenters. The molecule has 0 saturated heterocycles. The monoisotopic (exact) mass is 467 g/mol. The number of Topliss-reactive ketones (excluding diaryl/α,β-unsaturated/α-hetero) is 1. The molecule has 2 aromatic rings. The van der Waals surface area contributed by atoms with Crippen LogP contribution in [0.3, 0.4) is 0 Å². The summed E-state index contributed by atoms with van der Waals surface area (Å²) in [4.78, 5) is 20.3. The van der Waals surface area contributed by atoms with Gasteiger partial charge in [-0.05, 0) is 51.0 Å². The van der Waals surface area contributed by atoms with E-state index in [1.54, 1.807) is 0 Å². The number of ketones is 1. The van der Waals surface area contributed by atoms with Crippen LogP contribution in [0.2, 0.25) is 0 Å². The molecule has 0 amide bonds. The summed E-state index contributed by atoms with van der Waals surface area (Å²) >= 11 is 1.40. The minimum atomic E-state index is -2.47. The van der Waals surface area contributed by atoms with Crippen molar-refractivity contribution in [2.24, 2.45) is 11.8 Å². The molecule has 1 aliphatic heterocycles. The fourth-order valence-electron chi connectivity index (χ4n) is 4.80. The quantitative estimate of drug-likeness (QED) is 0.498. The Bertz CT molecular complexity index is 893. The molecule has 1 aliphatic carbocycles. The average molecular weight is 468 g/mol. The number of hydrogen-bond acceptors (Lipinski definition) is 7. The zero-order valence-corrected chi connectivity index (χ0v) is 19.3. The van der Waals surface area contributed by atoms with E-state index < -0.39 is 13.0 Å². The standard InChI is InChI=1S/C23H31F2N3O3S/c1-15-10-18(27-31-15)12-19(29)11-17-4-2-16(3-5-17)6-8-28-9-7-21-20(13-28)26-23(32-21)30-14-22(24)25/h10,16-17,22H,2-9,11-14H2,1H3. The summed E-state index contributed by atoms with van der Waals surface area (Å²) in [6, 6.07) is 1.83. The van der Waals surface area contributed by atoms with Crippen molar-refractivity contribution < 1.29 is 22.8 Å². The van der Waals surface area contributed by atoms with Gasteiger partial charge in [-0.1, -0.05) is 29.3 Å². The highest BCUT2D eigenvalue weighted by atomic mass is 32.1. The first kappa shape index (κ1) is 23.3. The average Bonchev–Trinajstić information content (AvgIpc) is 3.36. The molecule has 0 unspecified atom stereocenters. The second kappa shape index (κ2) is 10.8. The summed E-state index contributed by atoms with van der Waals surface area (Å²) in [5, 5.41) is 4.28. The minimum absolute atomic E-state index is 0.256. The Morgan fingerprint density at radius 3 is 2.81 bits per heavy atom. The highest BCUT2D eigenvalue weighted by molar-refractivity contribution is 7.13. The minimum Gasteiger partial charge on any atom is -0.464 e. The number of hydrogen-bond donors (Lipinski definition) is 0. The van der Waals surface area contributed by atoms with Gasteiger partial charge in [-0.3, -0.25) is 9.69 Å². The maximum Gasteiger partial charge on any atom is 0.273 e. The summed E-state index contributed by atoms with van der Waals surface area (Å²) < 4.78 is 34.8. The number of carbonyl (C=O) groups excluding carboxylic acids is 1. The largest absolute Gasteiger partial charge is 0.464 e. The van der Waals surface area contributed by atoms with E-state index in [0.717, 1.165) is 67.3 Å². The second-order valence-electron chi connectivity index (χ2n) is 9.10. The van der Waals surface area contributed by atoms with Crippen LogP contribution in [-0.4, -0.2) is 46.9 Å². The van der Waals surface area contributed by atoms with Crippen LogP contribution < -0.4 is 4.74 Å². The van der Waals surface area contributed by atoms with Gasteiger partial charge in [-0.2, -0.15) is 0 Å². The number of ether oxygens (including phenoxy) is 1. The molecule has 1 fully saturated rings. The molecule has 2 aliphatic rings. The highest BCUT2D eigenvalue weighted by Crippen LogP contribution is 2.34. The van der Waals surface area contributed by atoms with E-state index in [-0.39, 0.29) is 5.78 Å². The zero-order chi connectivity index (χ0) is 22.5. The van der Waals surface area contributed by atoms with Crippen molar-refractivity contribution in [1.29, 1.82) is 0 Å². The first-order chi connectivity index (χ1) is 15.4. The van der Waals surface area contributed by atoms with Gasteiger partial charge in [0.2, 0.25) is 0 Å². The van der Waals surface area contributed by atoms with Gasteiger partial charge in [-0.15, -0.1) is 0 Å². The molecule has 2 aromatic heterocycles. The van der Waals surface area contributed by atoms with E-state index in [4.69, 9.17) is 9.26 Å². The summed E-state index contributed by atoms with van der Waals surface area (Å²) in [7, 11) is 0. The Labute approximate surface area is 191 Å². The molecule has 176 valence electrons. The van der Waals surface area contributed by atoms with E-state index in [2.05, 4.69) is 15.0 Å². The van der Waals surface area contributed by atoms with E-state index in [0.29, 0.717) is 29.9 Å². The van der Waals surface area contributed by atoms with E-state index in [1.807, 2.05) is 13.0 Å². The van der Waals surface area contributed by atoms with Crippen molar-refractivity contribution in [2.45, 2.75) is 71.3 Å². The zero-order valence-electron chi connectivity index (χ0n) is 18.5. The van der Waals surface area contributed by atoms with Gasteiger partial charge in [-0.25, -0.2) is 13.8 Å². The van der Waals surface area contributed by atoms with Gasteiger partial charge in [0.25, 0.3) is 11.6 Å². The Kier molecular flexibility index (Phi) is 7.88. The molecule has 3 heterocycles. The lowest BCUT2D eigenvalue weighted by atomic mass is 9.78. The summed E-state index contributed by atoms with van der Waals surface area (Å²) in [6.07, 6.45) is 5.22. The first-order valence-electron chi connectivity index (χ1n) is 11.5. The van der Waals surface area contributed by atoms with Crippen molar-refractivity contribution in [2.75, 3.05) is 19.7 Å². The molecule has 9 heteroatoms. The van der Waals surface area contributed by atoms with Gasteiger partial charge in [0.15, 0.2) is 6.61 Å². The van der Waals surface area contributed by atoms with Crippen LogP contribution in [0.15, 0.2) is 10.6 Å². The molecule has 1 saturated carbocycles. The third kappa shape index (κ3) is 6.57. The van der Waals surface area contributed by atoms with Crippen molar-refractivity contribution in [1.82, 2.24) is 15.0 Å². The van der Waals surface area contributed by atoms with Gasteiger partial charge >= 0.3 is 0 Å². The van der Waals surface area contributed by atoms with Crippen LogP contribution in [0.25, 0.3) is 0 Å². The number of alkyl halides is 2. The molecule has 0 bridgehead atoms. The Balaban J connectivity index is 1.14. The molecule has 0 aromatic carbocycles. The molecule has 6 nitrogen and oxygen atoms in total. The second-order valence-corrected chi connectivity index (χ2v) is 10.1. The van der Waals surface area contributed by atoms with Crippen LogP contribution in [0, 0.1) is 18.8 Å². The molecular formula is C23H31F2N3O3S. The fourth-order valence-corrected chi connectivity index (χ4v) is 5.72. The predicted molar refractivity (Wildman–Crippen MR) is 117 cm³/mol. The van der Waals surface area contributed by atoms with Gasteiger partial charge in [0.05, 0.1) is 17.8 Å². The Morgan fingerprint density at radius 2 is 2.09 bits per heavy atom. The van der Waals surface area contributed by atoms with Gasteiger partial charge in [0.1, 0.15) is 11.5 Å². The number of carbonyl (C=O) groups is 1. The van der Waals surface area contributed by atoms with Gasteiger partial charge in [0, 0.05) is 30.5 Å².